The van der Waals surface area contributed by atoms with Crippen molar-refractivity contribution in [2.45, 2.75) is 102 Å². The second kappa shape index (κ2) is 12.6. The normalized spacial score (nSPS) is 26.7. The number of rotatable bonds is 9. The lowest BCUT2D eigenvalue weighted by atomic mass is 9.76. The van der Waals surface area contributed by atoms with Gasteiger partial charge in [0.2, 0.25) is 0 Å². The number of nitriles is 1. The third kappa shape index (κ3) is 8.47. The van der Waals surface area contributed by atoms with Crippen LogP contribution in [-0.2, 0) is 6.18 Å². The van der Waals surface area contributed by atoms with E-state index in [1.165, 1.54) is 88.5 Å². The fraction of sp³-hybridized carbons (Fsp3) is 0.679. The smallest absolute Gasteiger partial charge is 0.195 e. The van der Waals surface area contributed by atoms with Crippen LogP contribution in [-0.4, -0.2) is 0 Å². The highest BCUT2D eigenvalue weighted by Crippen LogP contribution is 2.39. The van der Waals surface area contributed by atoms with Gasteiger partial charge in [-0.05, 0) is 86.0 Å². The van der Waals surface area contributed by atoms with Gasteiger partial charge in [-0.15, -0.1) is 0 Å². The van der Waals surface area contributed by atoms with Gasteiger partial charge in [-0.25, -0.2) is 0 Å². The Morgan fingerprint density at radius 3 is 1.79 bits per heavy atom. The molecular formula is C28H37F4N. The Hall–Kier alpha value is -1.83. The van der Waals surface area contributed by atoms with Crippen molar-refractivity contribution < 1.29 is 17.6 Å². The first kappa shape index (κ1) is 25.8. The van der Waals surface area contributed by atoms with Crippen molar-refractivity contribution in [1.29, 1.82) is 5.26 Å². The van der Waals surface area contributed by atoms with Crippen LogP contribution in [0.2, 0.25) is 0 Å². The van der Waals surface area contributed by atoms with Gasteiger partial charge in [0.25, 0.3) is 0 Å². The van der Waals surface area contributed by atoms with E-state index in [0.29, 0.717) is 18.3 Å². The van der Waals surface area contributed by atoms with Crippen molar-refractivity contribution in [3.05, 3.63) is 47.3 Å². The third-order valence-electron chi connectivity index (χ3n) is 8.00. The van der Waals surface area contributed by atoms with E-state index in [0.717, 1.165) is 36.7 Å². The number of unbranched alkanes of at least 4 members (excludes halogenated alkanes) is 1. The van der Waals surface area contributed by atoms with Gasteiger partial charge in [0.05, 0.1) is 5.56 Å². The quantitative estimate of drug-likeness (QED) is 0.203. The van der Waals surface area contributed by atoms with Crippen LogP contribution < -0.4 is 0 Å². The van der Waals surface area contributed by atoms with Gasteiger partial charge < -0.3 is 0 Å². The molecule has 1 nitrogen and oxygen atoms in total. The molecule has 0 radical (unpaired) electrons. The van der Waals surface area contributed by atoms with Crippen LogP contribution >= 0.6 is 0 Å². The van der Waals surface area contributed by atoms with E-state index >= 15 is 0 Å². The Morgan fingerprint density at radius 2 is 1.30 bits per heavy atom. The summed E-state index contributed by atoms with van der Waals surface area (Å²) in [6.07, 6.45) is 13.6. The van der Waals surface area contributed by atoms with Crippen molar-refractivity contribution >= 4 is 0 Å². The molecule has 0 unspecified atom stereocenters. The fourth-order valence-corrected chi connectivity index (χ4v) is 5.89. The molecule has 0 bridgehead atoms. The summed E-state index contributed by atoms with van der Waals surface area (Å²) in [6, 6.07) is 7.32. The minimum atomic E-state index is -4.26. The molecule has 0 saturated heterocycles. The van der Waals surface area contributed by atoms with E-state index in [2.05, 4.69) is 0 Å². The summed E-state index contributed by atoms with van der Waals surface area (Å²) in [6.45, 7) is 0. The lowest BCUT2D eigenvalue weighted by molar-refractivity contribution is -0.137. The van der Waals surface area contributed by atoms with Crippen molar-refractivity contribution in [2.24, 2.45) is 17.8 Å². The van der Waals surface area contributed by atoms with E-state index in [4.69, 9.17) is 5.26 Å². The lowest BCUT2D eigenvalue weighted by Gasteiger charge is -2.30. The van der Waals surface area contributed by atoms with Crippen molar-refractivity contribution in [3.63, 3.8) is 0 Å². The summed E-state index contributed by atoms with van der Waals surface area (Å²) < 4.78 is 51.1. The zero-order valence-electron chi connectivity index (χ0n) is 19.6. The van der Waals surface area contributed by atoms with Gasteiger partial charge in [0, 0.05) is 0 Å². The molecule has 2 fully saturated rings. The Bertz CT molecular complexity index is 774. The monoisotopic (exact) mass is 463 g/mol. The molecule has 1 aromatic rings. The molecular weight excluding hydrogens is 426 g/mol. The number of halogens is 4. The average Bonchev–Trinajstić information content (AvgIpc) is 2.82. The summed E-state index contributed by atoms with van der Waals surface area (Å²) in [5.41, 5.74) is 0.500. The zero-order valence-corrected chi connectivity index (χ0v) is 19.6. The van der Waals surface area contributed by atoms with Gasteiger partial charge in [-0.1, -0.05) is 63.5 Å². The summed E-state index contributed by atoms with van der Waals surface area (Å²) in [5, 5.41) is 8.46. The van der Waals surface area contributed by atoms with Crippen LogP contribution in [0.1, 0.15) is 107 Å². The molecule has 0 spiro atoms. The van der Waals surface area contributed by atoms with E-state index in [1.54, 1.807) is 12.1 Å². The average molecular weight is 464 g/mol. The van der Waals surface area contributed by atoms with Crippen molar-refractivity contribution in [3.8, 4) is 6.07 Å². The number of benzene rings is 1. The molecule has 33 heavy (non-hydrogen) atoms. The fourth-order valence-electron chi connectivity index (χ4n) is 5.89. The van der Waals surface area contributed by atoms with Crippen molar-refractivity contribution in [2.75, 3.05) is 0 Å². The van der Waals surface area contributed by atoms with Crippen LogP contribution in [0.25, 0.3) is 0 Å². The molecule has 0 aromatic heterocycles. The van der Waals surface area contributed by atoms with E-state index in [-0.39, 0.29) is 0 Å². The highest BCUT2D eigenvalue weighted by molar-refractivity contribution is 5.27. The molecule has 5 heteroatoms. The number of alkyl halides is 3. The number of hydrogen-bond donors (Lipinski definition) is 0. The van der Waals surface area contributed by atoms with Gasteiger partial charge in [-0.2, -0.15) is 22.8 Å². The number of hydrogen-bond acceptors (Lipinski definition) is 1. The first-order valence-corrected chi connectivity index (χ1v) is 12.8. The Morgan fingerprint density at radius 1 is 0.818 bits per heavy atom. The summed E-state index contributed by atoms with van der Waals surface area (Å²) in [7, 11) is 0. The Balaban J connectivity index is 1.25. The first-order chi connectivity index (χ1) is 15.8. The molecule has 3 rings (SSSR count). The molecule has 0 heterocycles. The third-order valence-corrected chi connectivity index (χ3v) is 8.00. The first-order valence-electron chi connectivity index (χ1n) is 12.8. The molecule has 182 valence electrons. The van der Waals surface area contributed by atoms with E-state index in [1.807, 2.05) is 0 Å². The SMILES string of the molecule is N#C/C(F)=C/CC[C@H]1CC[C@H](CCCC[C@H]2CC[C@H](c3ccc(C(F)(F)F)cc3)CC2)CC1. The van der Waals surface area contributed by atoms with Gasteiger partial charge in [0.1, 0.15) is 6.07 Å². The van der Waals surface area contributed by atoms with Crippen LogP contribution in [0, 0.1) is 29.1 Å². The van der Waals surface area contributed by atoms with Gasteiger partial charge in [-0.3, -0.25) is 0 Å². The maximum absolute atomic E-state index is 12.9. The molecule has 2 aliphatic carbocycles. The van der Waals surface area contributed by atoms with Gasteiger partial charge in [0.15, 0.2) is 5.83 Å². The molecule has 0 atom stereocenters. The van der Waals surface area contributed by atoms with Gasteiger partial charge >= 0.3 is 6.18 Å². The molecule has 0 aliphatic heterocycles. The van der Waals surface area contributed by atoms with Crippen LogP contribution in [0.4, 0.5) is 17.6 Å². The lowest BCUT2D eigenvalue weighted by Crippen LogP contribution is -2.15. The van der Waals surface area contributed by atoms with Crippen LogP contribution in [0.5, 0.6) is 0 Å². The van der Waals surface area contributed by atoms with Crippen LogP contribution in [0.15, 0.2) is 36.2 Å². The highest BCUT2D eigenvalue weighted by atomic mass is 19.4. The minimum Gasteiger partial charge on any atom is -0.195 e. The molecule has 2 saturated carbocycles. The highest BCUT2D eigenvalue weighted by Gasteiger charge is 2.30. The molecule has 0 amide bonds. The Labute approximate surface area is 196 Å². The molecule has 2 aliphatic rings. The second-order valence-electron chi connectivity index (χ2n) is 10.2. The summed E-state index contributed by atoms with van der Waals surface area (Å²) in [4.78, 5) is 0. The van der Waals surface area contributed by atoms with E-state index < -0.39 is 17.6 Å². The predicted octanol–water partition coefficient (Wildman–Crippen LogP) is 9.50. The number of allylic oxidation sites excluding steroid dienone is 2. The van der Waals surface area contributed by atoms with Crippen molar-refractivity contribution in [1.82, 2.24) is 0 Å². The number of nitrogens with zero attached hydrogens (tertiary/aromatic N) is 1. The standard InChI is InChI=1S/C28H37F4N/c29-27(20-33)7-3-6-23-10-8-21(9-11-23)4-1-2-5-22-12-14-24(15-13-22)25-16-18-26(19-17-25)28(30,31)32/h7,16-19,21-24H,1-6,8-15H2/b27-7-/t21-,22-,23-,24-. The molecule has 1 aromatic carbocycles. The Kier molecular flexibility index (Phi) is 9.83. The second-order valence-corrected chi connectivity index (χ2v) is 10.2. The topological polar surface area (TPSA) is 23.8 Å². The molecule has 0 N–H and O–H groups in total. The predicted molar refractivity (Wildman–Crippen MR) is 124 cm³/mol. The van der Waals surface area contributed by atoms with Crippen LogP contribution in [0.3, 0.4) is 0 Å². The van der Waals surface area contributed by atoms with E-state index in [9.17, 15) is 17.6 Å². The zero-order chi connectivity index (χ0) is 23.7. The summed E-state index contributed by atoms with van der Waals surface area (Å²) in [5.74, 6) is 2.04. The summed E-state index contributed by atoms with van der Waals surface area (Å²) >= 11 is 0. The largest absolute Gasteiger partial charge is 0.416 e. The maximum atomic E-state index is 12.9. The minimum absolute atomic E-state index is 0.408. The maximum Gasteiger partial charge on any atom is 0.416 e.